The van der Waals surface area contributed by atoms with Gasteiger partial charge in [0.05, 0.1) is 28.0 Å². The summed E-state index contributed by atoms with van der Waals surface area (Å²) >= 11 is 4.57. The van der Waals surface area contributed by atoms with Crippen LogP contribution >= 0.6 is 27.3 Å². The van der Waals surface area contributed by atoms with Gasteiger partial charge in [-0.05, 0) is 42.5 Å². The first-order chi connectivity index (χ1) is 12.4. The van der Waals surface area contributed by atoms with E-state index in [2.05, 4.69) is 26.2 Å². The van der Waals surface area contributed by atoms with Gasteiger partial charge in [0.15, 0.2) is 15.0 Å². The minimum atomic E-state index is -3.51. The van der Waals surface area contributed by atoms with E-state index in [9.17, 15) is 13.2 Å². The predicted octanol–water partition coefficient (Wildman–Crippen LogP) is 3.87. The molecule has 0 aliphatic rings. The minimum absolute atomic E-state index is 0.141. The summed E-state index contributed by atoms with van der Waals surface area (Å²) < 4.78 is 31.4. The Balaban J connectivity index is 1.64. The summed E-state index contributed by atoms with van der Waals surface area (Å²) in [7, 11) is -1.93. The average molecular weight is 455 g/mol. The summed E-state index contributed by atoms with van der Waals surface area (Å²) in [5.41, 5.74) is 0.744. The molecule has 9 heteroatoms. The monoisotopic (exact) mass is 454 g/mol. The van der Waals surface area contributed by atoms with Crippen LogP contribution in [0, 0.1) is 0 Å². The molecule has 1 amide bonds. The third-order valence-electron chi connectivity index (χ3n) is 3.61. The van der Waals surface area contributed by atoms with E-state index in [1.807, 2.05) is 6.07 Å². The number of nitrogens with zero attached hydrogens (tertiary/aromatic N) is 1. The maximum Gasteiger partial charge on any atom is 0.227 e. The number of sulfone groups is 1. The van der Waals surface area contributed by atoms with Gasteiger partial charge in [-0.3, -0.25) is 4.79 Å². The Morgan fingerprint density at radius 3 is 2.65 bits per heavy atom. The van der Waals surface area contributed by atoms with Gasteiger partial charge in [0.25, 0.3) is 0 Å². The van der Waals surface area contributed by atoms with Gasteiger partial charge in [-0.2, -0.15) is 0 Å². The Morgan fingerprint density at radius 2 is 1.96 bits per heavy atom. The van der Waals surface area contributed by atoms with E-state index in [-0.39, 0.29) is 17.1 Å². The number of aromatic nitrogens is 1. The van der Waals surface area contributed by atoms with Crippen molar-refractivity contribution >= 4 is 58.4 Å². The molecule has 1 N–H and O–H groups in total. The number of methoxy groups -OCH3 is 1. The molecule has 0 aliphatic carbocycles. The van der Waals surface area contributed by atoms with Gasteiger partial charge >= 0.3 is 0 Å². The Kier molecular flexibility index (Phi) is 5.59. The molecular formula is C17H15BrN2O4S2. The minimum Gasteiger partial charge on any atom is -0.497 e. The number of benzene rings is 2. The van der Waals surface area contributed by atoms with Crippen LogP contribution in [0.15, 0.2) is 51.8 Å². The van der Waals surface area contributed by atoms with E-state index in [0.29, 0.717) is 10.9 Å². The summed E-state index contributed by atoms with van der Waals surface area (Å²) in [4.78, 5) is 16.6. The molecule has 136 valence electrons. The Hall–Kier alpha value is -1.97. The van der Waals surface area contributed by atoms with Crippen molar-refractivity contribution in [3.63, 3.8) is 0 Å². The van der Waals surface area contributed by atoms with Crippen molar-refractivity contribution in [3.05, 3.63) is 46.9 Å². The molecular weight excluding hydrogens is 440 g/mol. The SMILES string of the molecule is COc1ccc2nc(NC(=O)CCS(=O)(=O)c3ccc(Br)cc3)sc2c1. The van der Waals surface area contributed by atoms with E-state index >= 15 is 0 Å². The van der Waals surface area contributed by atoms with Gasteiger partial charge in [0, 0.05) is 10.9 Å². The highest BCUT2D eigenvalue weighted by Gasteiger charge is 2.17. The zero-order valence-electron chi connectivity index (χ0n) is 13.7. The highest BCUT2D eigenvalue weighted by Crippen LogP contribution is 2.29. The number of nitrogens with one attached hydrogen (secondary N) is 1. The number of carbonyl (C=O) groups is 1. The topological polar surface area (TPSA) is 85.4 Å². The zero-order valence-corrected chi connectivity index (χ0v) is 16.9. The van der Waals surface area contributed by atoms with Gasteiger partial charge in [-0.1, -0.05) is 27.3 Å². The first kappa shape index (κ1) is 18.8. The number of fused-ring (bicyclic) bond motifs is 1. The van der Waals surface area contributed by atoms with Crippen molar-refractivity contribution < 1.29 is 17.9 Å². The molecule has 0 unspecified atom stereocenters. The Bertz CT molecular complexity index is 1050. The van der Waals surface area contributed by atoms with Crippen LogP contribution in [0.1, 0.15) is 6.42 Å². The molecule has 26 heavy (non-hydrogen) atoms. The number of carbonyl (C=O) groups excluding carboxylic acids is 1. The van der Waals surface area contributed by atoms with Crippen LogP contribution in [-0.2, 0) is 14.6 Å². The van der Waals surface area contributed by atoms with E-state index in [0.717, 1.165) is 14.7 Å². The number of ether oxygens (including phenoxy) is 1. The molecule has 0 saturated carbocycles. The second-order valence-electron chi connectivity index (χ2n) is 5.42. The summed E-state index contributed by atoms with van der Waals surface area (Å²) in [6.07, 6.45) is -0.141. The fourth-order valence-electron chi connectivity index (χ4n) is 2.25. The lowest BCUT2D eigenvalue weighted by atomic mass is 10.3. The number of hydrogen-bond acceptors (Lipinski definition) is 6. The fourth-order valence-corrected chi connectivity index (χ4v) is 4.67. The second kappa shape index (κ2) is 7.73. The van der Waals surface area contributed by atoms with Crippen LogP contribution in [0.2, 0.25) is 0 Å². The molecule has 0 fully saturated rings. The van der Waals surface area contributed by atoms with E-state index in [4.69, 9.17) is 4.74 Å². The highest BCUT2D eigenvalue weighted by atomic mass is 79.9. The first-order valence-corrected chi connectivity index (χ1v) is 10.9. The van der Waals surface area contributed by atoms with Crippen LogP contribution in [-0.4, -0.2) is 32.2 Å². The van der Waals surface area contributed by atoms with Gasteiger partial charge < -0.3 is 10.1 Å². The molecule has 3 rings (SSSR count). The molecule has 0 saturated heterocycles. The van der Waals surface area contributed by atoms with Crippen molar-refractivity contribution in [1.82, 2.24) is 4.98 Å². The molecule has 0 radical (unpaired) electrons. The summed E-state index contributed by atoms with van der Waals surface area (Å²) in [5, 5.41) is 3.09. The zero-order chi connectivity index (χ0) is 18.7. The van der Waals surface area contributed by atoms with Gasteiger partial charge in [-0.25, -0.2) is 13.4 Å². The smallest absolute Gasteiger partial charge is 0.227 e. The lowest BCUT2D eigenvalue weighted by Crippen LogP contribution is -2.17. The van der Waals surface area contributed by atoms with Gasteiger partial charge in [0.2, 0.25) is 5.91 Å². The first-order valence-electron chi connectivity index (χ1n) is 7.60. The molecule has 1 aromatic heterocycles. The summed E-state index contributed by atoms with van der Waals surface area (Å²) in [6, 6.07) is 11.8. The van der Waals surface area contributed by atoms with E-state index in [1.54, 1.807) is 31.4 Å². The van der Waals surface area contributed by atoms with Gasteiger partial charge in [-0.15, -0.1) is 0 Å². The number of amides is 1. The van der Waals surface area contributed by atoms with Crippen LogP contribution < -0.4 is 10.1 Å². The lowest BCUT2D eigenvalue weighted by Gasteiger charge is -2.04. The van der Waals surface area contributed by atoms with Crippen LogP contribution in [0.3, 0.4) is 0 Å². The number of halogens is 1. The number of anilines is 1. The molecule has 0 bridgehead atoms. The van der Waals surface area contributed by atoms with Gasteiger partial charge in [0.1, 0.15) is 5.75 Å². The molecule has 0 spiro atoms. The number of thiazole rings is 1. The normalized spacial score (nSPS) is 11.5. The molecule has 0 aliphatic heterocycles. The Labute approximate surface area is 163 Å². The van der Waals surface area contributed by atoms with Crippen molar-refractivity contribution in [2.24, 2.45) is 0 Å². The van der Waals surface area contributed by atoms with Crippen molar-refractivity contribution in [1.29, 1.82) is 0 Å². The van der Waals surface area contributed by atoms with Crippen LogP contribution in [0.4, 0.5) is 5.13 Å². The van der Waals surface area contributed by atoms with Crippen LogP contribution in [0.25, 0.3) is 10.2 Å². The molecule has 2 aromatic carbocycles. The largest absolute Gasteiger partial charge is 0.497 e. The number of rotatable bonds is 6. The maximum absolute atomic E-state index is 12.3. The average Bonchev–Trinajstić information content (AvgIpc) is 3.01. The van der Waals surface area contributed by atoms with E-state index < -0.39 is 15.7 Å². The molecule has 6 nitrogen and oxygen atoms in total. The van der Waals surface area contributed by atoms with Crippen molar-refractivity contribution in [3.8, 4) is 5.75 Å². The lowest BCUT2D eigenvalue weighted by molar-refractivity contribution is -0.115. The molecule has 0 atom stereocenters. The van der Waals surface area contributed by atoms with E-state index in [1.165, 1.54) is 23.5 Å². The third kappa shape index (κ3) is 4.40. The molecule has 3 aromatic rings. The summed E-state index contributed by atoms with van der Waals surface area (Å²) in [6.45, 7) is 0. The standard InChI is InChI=1S/C17H15BrN2O4S2/c1-24-12-4-7-14-15(10-12)25-17(19-14)20-16(21)8-9-26(22,23)13-5-2-11(18)3-6-13/h2-7,10H,8-9H2,1H3,(H,19,20,21). The fraction of sp³-hybridized carbons (Fsp3) is 0.176. The highest BCUT2D eigenvalue weighted by molar-refractivity contribution is 9.10. The predicted molar refractivity (Wildman–Crippen MR) is 106 cm³/mol. The third-order valence-corrected chi connectivity index (χ3v) is 6.81. The van der Waals surface area contributed by atoms with Crippen molar-refractivity contribution in [2.75, 3.05) is 18.2 Å². The quantitative estimate of drug-likeness (QED) is 0.610. The second-order valence-corrected chi connectivity index (χ2v) is 9.48. The maximum atomic E-state index is 12.3. The molecule has 1 heterocycles. The number of hydrogen-bond donors (Lipinski definition) is 1. The van der Waals surface area contributed by atoms with Crippen molar-refractivity contribution in [2.45, 2.75) is 11.3 Å². The van der Waals surface area contributed by atoms with Crippen LogP contribution in [0.5, 0.6) is 5.75 Å². The summed E-state index contributed by atoms with van der Waals surface area (Å²) in [5.74, 6) is 0.0513. The Morgan fingerprint density at radius 1 is 1.23 bits per heavy atom.